The van der Waals surface area contributed by atoms with Crippen LogP contribution in [0.3, 0.4) is 0 Å². The van der Waals surface area contributed by atoms with Gasteiger partial charge in [0.2, 0.25) is 5.91 Å². The molecule has 0 aromatic heterocycles. The third kappa shape index (κ3) is 5.83. The average Bonchev–Trinajstić information content (AvgIpc) is 2.35. The van der Waals surface area contributed by atoms with E-state index in [1.807, 2.05) is 0 Å². The van der Waals surface area contributed by atoms with E-state index in [2.05, 4.69) is 24.5 Å². The Bertz CT molecular complexity index is 236. The molecule has 1 amide bonds. The lowest BCUT2D eigenvalue weighted by Gasteiger charge is -2.31. The highest BCUT2D eigenvalue weighted by Gasteiger charge is 2.23. The molecule has 0 atom stereocenters. The second kappa shape index (κ2) is 8.48. The zero-order valence-electron chi connectivity index (χ0n) is 12.0. The van der Waals surface area contributed by atoms with Crippen molar-refractivity contribution in [3.05, 3.63) is 0 Å². The van der Waals surface area contributed by atoms with E-state index in [0.29, 0.717) is 19.2 Å². The summed E-state index contributed by atoms with van der Waals surface area (Å²) >= 11 is 0. The highest BCUT2D eigenvalue weighted by atomic mass is 16.5. The van der Waals surface area contributed by atoms with Gasteiger partial charge in [-0.05, 0) is 37.5 Å². The van der Waals surface area contributed by atoms with Crippen LogP contribution in [0.4, 0.5) is 0 Å². The average molecular weight is 256 g/mol. The summed E-state index contributed by atoms with van der Waals surface area (Å²) in [4.78, 5) is 11.7. The number of amides is 1. The van der Waals surface area contributed by atoms with Crippen LogP contribution in [0.5, 0.6) is 0 Å². The molecule has 0 heterocycles. The van der Waals surface area contributed by atoms with Crippen molar-refractivity contribution in [2.45, 2.75) is 45.6 Å². The van der Waals surface area contributed by atoms with Crippen LogP contribution in [0, 0.1) is 11.8 Å². The Morgan fingerprint density at radius 2 is 1.94 bits per heavy atom. The number of ether oxygens (including phenoxy) is 1. The molecule has 0 bridgehead atoms. The molecule has 1 aliphatic carbocycles. The second-order valence-electron chi connectivity index (χ2n) is 5.59. The fraction of sp³-hybridized carbons (Fsp3) is 0.929. The van der Waals surface area contributed by atoms with Crippen molar-refractivity contribution in [1.82, 2.24) is 10.6 Å². The van der Waals surface area contributed by atoms with Crippen LogP contribution in [-0.4, -0.2) is 38.8 Å². The van der Waals surface area contributed by atoms with Gasteiger partial charge >= 0.3 is 0 Å². The molecule has 0 aliphatic heterocycles. The van der Waals surface area contributed by atoms with E-state index in [0.717, 1.165) is 31.2 Å². The smallest absolute Gasteiger partial charge is 0.234 e. The lowest BCUT2D eigenvalue weighted by molar-refractivity contribution is -0.121. The molecule has 1 saturated carbocycles. The summed E-state index contributed by atoms with van der Waals surface area (Å²) in [5.41, 5.74) is 0. The van der Waals surface area contributed by atoms with Crippen LogP contribution >= 0.6 is 0 Å². The van der Waals surface area contributed by atoms with Gasteiger partial charge in [0.15, 0.2) is 0 Å². The van der Waals surface area contributed by atoms with E-state index < -0.39 is 0 Å². The molecule has 106 valence electrons. The van der Waals surface area contributed by atoms with Gasteiger partial charge < -0.3 is 15.4 Å². The Balaban J connectivity index is 2.10. The van der Waals surface area contributed by atoms with Gasteiger partial charge in [0.25, 0.3) is 0 Å². The highest BCUT2D eigenvalue weighted by molar-refractivity contribution is 5.78. The minimum Gasteiger partial charge on any atom is -0.383 e. The van der Waals surface area contributed by atoms with Crippen LogP contribution < -0.4 is 10.6 Å². The number of methoxy groups -OCH3 is 1. The molecule has 1 rings (SSSR count). The van der Waals surface area contributed by atoms with Gasteiger partial charge in [0.1, 0.15) is 0 Å². The van der Waals surface area contributed by atoms with Crippen molar-refractivity contribution in [3.8, 4) is 0 Å². The second-order valence-corrected chi connectivity index (χ2v) is 5.59. The van der Waals surface area contributed by atoms with E-state index in [9.17, 15) is 4.79 Å². The van der Waals surface area contributed by atoms with Crippen molar-refractivity contribution in [2.24, 2.45) is 11.8 Å². The van der Waals surface area contributed by atoms with Gasteiger partial charge in [-0.1, -0.05) is 13.8 Å². The normalized spacial score (nSPS) is 24.2. The van der Waals surface area contributed by atoms with Crippen molar-refractivity contribution in [3.63, 3.8) is 0 Å². The fourth-order valence-corrected chi connectivity index (χ4v) is 2.59. The number of carbonyl (C=O) groups is 1. The molecule has 0 aromatic rings. The van der Waals surface area contributed by atoms with Crippen LogP contribution in [0.1, 0.15) is 39.5 Å². The van der Waals surface area contributed by atoms with Gasteiger partial charge in [-0.2, -0.15) is 0 Å². The molecule has 0 radical (unpaired) electrons. The molecular weight excluding hydrogens is 228 g/mol. The molecule has 0 unspecified atom stereocenters. The van der Waals surface area contributed by atoms with Crippen LogP contribution in [0.2, 0.25) is 0 Å². The van der Waals surface area contributed by atoms with E-state index in [1.165, 1.54) is 12.8 Å². The Labute approximate surface area is 111 Å². The standard InChI is InChI=1S/C14H28N2O2/c1-11(2)12-4-6-13(7-5-12)16-14(17)10-15-8-9-18-3/h11-13,15H,4-10H2,1-3H3,(H,16,17). The molecule has 0 aromatic carbocycles. The van der Waals surface area contributed by atoms with Gasteiger partial charge in [0, 0.05) is 19.7 Å². The number of hydrogen-bond donors (Lipinski definition) is 2. The molecule has 0 saturated heterocycles. The summed E-state index contributed by atoms with van der Waals surface area (Å²) in [6, 6.07) is 0.386. The molecule has 1 aliphatic rings. The summed E-state index contributed by atoms with van der Waals surface area (Å²) in [7, 11) is 1.66. The lowest BCUT2D eigenvalue weighted by atomic mass is 9.80. The number of hydrogen-bond acceptors (Lipinski definition) is 3. The van der Waals surface area contributed by atoms with Crippen molar-refractivity contribution in [2.75, 3.05) is 26.8 Å². The zero-order valence-corrected chi connectivity index (χ0v) is 12.0. The maximum atomic E-state index is 11.7. The highest BCUT2D eigenvalue weighted by Crippen LogP contribution is 2.29. The summed E-state index contributed by atoms with van der Waals surface area (Å²) in [6.45, 7) is 6.36. The van der Waals surface area contributed by atoms with Crippen LogP contribution in [0.15, 0.2) is 0 Å². The minimum absolute atomic E-state index is 0.110. The van der Waals surface area contributed by atoms with E-state index in [1.54, 1.807) is 7.11 Å². The number of rotatable bonds is 7. The first kappa shape index (κ1) is 15.4. The summed E-state index contributed by atoms with van der Waals surface area (Å²) in [5, 5.41) is 6.18. The first-order valence-electron chi connectivity index (χ1n) is 7.12. The predicted octanol–water partition coefficient (Wildman–Crippen LogP) is 1.55. The first-order chi connectivity index (χ1) is 8.63. The summed E-state index contributed by atoms with van der Waals surface area (Å²) < 4.78 is 4.91. The molecule has 1 fully saturated rings. The Hall–Kier alpha value is -0.610. The van der Waals surface area contributed by atoms with Crippen molar-refractivity contribution < 1.29 is 9.53 Å². The monoisotopic (exact) mass is 256 g/mol. The third-order valence-electron chi connectivity index (χ3n) is 3.85. The molecule has 18 heavy (non-hydrogen) atoms. The lowest BCUT2D eigenvalue weighted by Crippen LogP contribution is -2.42. The number of carbonyl (C=O) groups excluding carboxylic acids is 1. The quantitative estimate of drug-likeness (QED) is 0.680. The van der Waals surface area contributed by atoms with Gasteiger partial charge in [-0.25, -0.2) is 0 Å². The van der Waals surface area contributed by atoms with Gasteiger partial charge in [0.05, 0.1) is 13.2 Å². The van der Waals surface area contributed by atoms with E-state index >= 15 is 0 Å². The summed E-state index contributed by atoms with van der Waals surface area (Å²) in [6.07, 6.45) is 4.76. The van der Waals surface area contributed by atoms with Crippen molar-refractivity contribution in [1.29, 1.82) is 0 Å². The Morgan fingerprint density at radius 3 is 2.50 bits per heavy atom. The first-order valence-corrected chi connectivity index (χ1v) is 7.12. The maximum absolute atomic E-state index is 11.7. The summed E-state index contributed by atoms with van der Waals surface area (Å²) in [5.74, 6) is 1.73. The molecule has 4 heteroatoms. The maximum Gasteiger partial charge on any atom is 0.234 e. The minimum atomic E-state index is 0.110. The van der Waals surface area contributed by atoms with Crippen molar-refractivity contribution >= 4 is 5.91 Å². The molecule has 2 N–H and O–H groups in total. The Kier molecular flexibility index (Phi) is 7.28. The largest absolute Gasteiger partial charge is 0.383 e. The molecular formula is C14H28N2O2. The topological polar surface area (TPSA) is 50.4 Å². The van der Waals surface area contributed by atoms with Gasteiger partial charge in [-0.3, -0.25) is 4.79 Å². The Morgan fingerprint density at radius 1 is 1.28 bits per heavy atom. The van der Waals surface area contributed by atoms with Gasteiger partial charge in [-0.15, -0.1) is 0 Å². The van der Waals surface area contributed by atoms with Crippen LogP contribution in [0.25, 0.3) is 0 Å². The third-order valence-corrected chi connectivity index (χ3v) is 3.85. The molecule has 4 nitrogen and oxygen atoms in total. The fourth-order valence-electron chi connectivity index (χ4n) is 2.59. The zero-order chi connectivity index (χ0) is 13.4. The predicted molar refractivity (Wildman–Crippen MR) is 73.5 cm³/mol. The van der Waals surface area contributed by atoms with E-state index in [4.69, 9.17) is 4.74 Å². The molecule has 0 spiro atoms. The number of nitrogens with one attached hydrogen (secondary N) is 2. The SMILES string of the molecule is COCCNCC(=O)NC1CCC(C(C)C)CC1. The van der Waals surface area contributed by atoms with E-state index in [-0.39, 0.29) is 5.91 Å². The van der Waals surface area contributed by atoms with Crippen LogP contribution in [-0.2, 0) is 9.53 Å².